The van der Waals surface area contributed by atoms with Crippen molar-refractivity contribution in [2.75, 3.05) is 27.3 Å². The van der Waals surface area contributed by atoms with E-state index in [1.54, 1.807) is 20.3 Å². The summed E-state index contributed by atoms with van der Waals surface area (Å²) in [6, 6.07) is 10.1. The molecule has 0 bridgehead atoms. The smallest absolute Gasteiger partial charge is 0.254 e. The Morgan fingerprint density at radius 2 is 1.97 bits per heavy atom. The van der Waals surface area contributed by atoms with Gasteiger partial charge in [-0.2, -0.15) is 0 Å². The number of carbonyl (C=O) groups excluding carboxylic acids is 1. The number of benzene rings is 2. The van der Waals surface area contributed by atoms with Crippen molar-refractivity contribution in [3.05, 3.63) is 58.8 Å². The van der Waals surface area contributed by atoms with Gasteiger partial charge >= 0.3 is 0 Å². The van der Waals surface area contributed by atoms with Gasteiger partial charge in [0.1, 0.15) is 0 Å². The van der Waals surface area contributed by atoms with E-state index in [2.05, 4.69) is 43.2 Å². The summed E-state index contributed by atoms with van der Waals surface area (Å²) in [7, 11) is 3.23. The van der Waals surface area contributed by atoms with Gasteiger partial charge in [-0.15, -0.1) is 0 Å². The fourth-order valence-electron chi connectivity index (χ4n) is 4.61. The number of methoxy groups -OCH3 is 2. The molecule has 1 aliphatic heterocycles. The molecule has 1 aliphatic rings. The van der Waals surface area contributed by atoms with E-state index in [0.29, 0.717) is 30.2 Å². The van der Waals surface area contributed by atoms with Crippen LogP contribution in [0.1, 0.15) is 46.8 Å². The summed E-state index contributed by atoms with van der Waals surface area (Å²) >= 11 is 0. The number of aromatic amines is 1. The minimum Gasteiger partial charge on any atom is -0.493 e. The number of nitrogens with two attached hydrogens (primary N) is 1. The van der Waals surface area contributed by atoms with E-state index < -0.39 is 0 Å². The Labute approximate surface area is 189 Å². The summed E-state index contributed by atoms with van der Waals surface area (Å²) in [5.74, 6) is 1.36. The Kier molecular flexibility index (Phi) is 6.15. The minimum atomic E-state index is -0.356. The quantitative estimate of drug-likeness (QED) is 0.555. The van der Waals surface area contributed by atoms with Crippen LogP contribution in [0.5, 0.6) is 11.5 Å². The number of hydrogen-bond donors (Lipinski definition) is 2. The Bertz CT molecular complexity index is 1130. The van der Waals surface area contributed by atoms with Crippen molar-refractivity contribution in [2.24, 2.45) is 5.73 Å². The Morgan fingerprint density at radius 1 is 1.16 bits per heavy atom. The van der Waals surface area contributed by atoms with Crippen molar-refractivity contribution in [3.63, 3.8) is 0 Å². The second kappa shape index (κ2) is 8.87. The summed E-state index contributed by atoms with van der Waals surface area (Å²) < 4.78 is 10.9. The topological polar surface area (TPSA) is 80.6 Å². The predicted octanol–water partition coefficient (Wildman–Crippen LogP) is 4.23. The van der Waals surface area contributed by atoms with Crippen molar-refractivity contribution >= 4 is 16.8 Å². The van der Waals surface area contributed by atoms with E-state index in [4.69, 9.17) is 15.2 Å². The molecule has 3 aromatic rings. The zero-order valence-corrected chi connectivity index (χ0v) is 19.5. The number of carbonyl (C=O) groups is 1. The lowest BCUT2D eigenvalue weighted by Crippen LogP contribution is -2.44. The molecule has 0 fully saturated rings. The van der Waals surface area contributed by atoms with Gasteiger partial charge in [0, 0.05) is 46.9 Å². The zero-order valence-electron chi connectivity index (χ0n) is 19.5. The third-order valence-corrected chi connectivity index (χ3v) is 6.64. The van der Waals surface area contributed by atoms with Crippen LogP contribution in [0.4, 0.5) is 0 Å². The molecular weight excluding hydrogens is 402 g/mol. The van der Waals surface area contributed by atoms with Crippen molar-refractivity contribution in [1.29, 1.82) is 0 Å². The fourth-order valence-corrected chi connectivity index (χ4v) is 4.61. The van der Waals surface area contributed by atoms with Gasteiger partial charge in [0.25, 0.3) is 5.91 Å². The van der Waals surface area contributed by atoms with Crippen LogP contribution in [-0.4, -0.2) is 48.6 Å². The molecule has 170 valence electrons. The van der Waals surface area contributed by atoms with Crippen LogP contribution in [0.15, 0.2) is 36.5 Å². The van der Waals surface area contributed by atoms with Crippen LogP contribution in [0.2, 0.25) is 0 Å². The van der Waals surface area contributed by atoms with Crippen LogP contribution in [-0.2, 0) is 12.8 Å². The first-order valence-corrected chi connectivity index (χ1v) is 11.2. The van der Waals surface area contributed by atoms with Crippen LogP contribution < -0.4 is 15.2 Å². The van der Waals surface area contributed by atoms with E-state index in [1.807, 2.05) is 11.0 Å². The molecule has 1 amide bonds. The number of fused-ring (bicyclic) bond motifs is 2. The maximum atomic E-state index is 13.1. The summed E-state index contributed by atoms with van der Waals surface area (Å²) in [5.41, 5.74) is 11.6. The molecule has 2 heterocycles. The molecule has 3 N–H and O–H groups in total. The molecule has 32 heavy (non-hydrogen) atoms. The minimum absolute atomic E-state index is 0.0371. The number of nitrogens with zero attached hydrogens (tertiary/aromatic N) is 1. The number of ether oxygens (including phenoxy) is 2. The molecule has 1 unspecified atom stereocenters. The second-order valence-corrected chi connectivity index (χ2v) is 9.14. The van der Waals surface area contributed by atoms with Crippen molar-refractivity contribution in [2.45, 2.75) is 45.1 Å². The number of hydrogen-bond acceptors (Lipinski definition) is 4. The van der Waals surface area contributed by atoms with E-state index in [0.717, 1.165) is 36.8 Å². The number of rotatable bonds is 8. The van der Waals surface area contributed by atoms with E-state index >= 15 is 0 Å². The van der Waals surface area contributed by atoms with Gasteiger partial charge < -0.3 is 25.1 Å². The highest BCUT2D eigenvalue weighted by Gasteiger charge is 2.30. The zero-order chi connectivity index (χ0) is 22.9. The summed E-state index contributed by atoms with van der Waals surface area (Å²) in [5, 5.41) is 1.27. The molecule has 2 aromatic carbocycles. The van der Waals surface area contributed by atoms with Crippen LogP contribution in [0.25, 0.3) is 10.9 Å². The SMILES string of the molecule is COc1ccc2c(c1OC)CCN(CCC(C)(N)CCc1c[nH]c3ccc(C)cc13)C2=O. The maximum Gasteiger partial charge on any atom is 0.254 e. The normalized spacial score (nSPS) is 15.5. The largest absolute Gasteiger partial charge is 0.493 e. The van der Waals surface area contributed by atoms with Crippen LogP contribution >= 0.6 is 0 Å². The molecule has 1 atom stereocenters. The van der Waals surface area contributed by atoms with Gasteiger partial charge in [-0.25, -0.2) is 0 Å². The van der Waals surface area contributed by atoms with Crippen LogP contribution in [0.3, 0.4) is 0 Å². The molecule has 0 spiro atoms. The highest BCUT2D eigenvalue weighted by atomic mass is 16.5. The lowest BCUT2D eigenvalue weighted by molar-refractivity contribution is 0.0725. The van der Waals surface area contributed by atoms with E-state index in [9.17, 15) is 4.79 Å². The number of aryl methyl sites for hydroxylation is 2. The third-order valence-electron chi connectivity index (χ3n) is 6.64. The Balaban J connectivity index is 1.39. The van der Waals surface area contributed by atoms with Crippen molar-refractivity contribution < 1.29 is 14.3 Å². The van der Waals surface area contributed by atoms with Gasteiger partial charge in [-0.1, -0.05) is 11.6 Å². The molecule has 6 nitrogen and oxygen atoms in total. The Hall–Kier alpha value is -2.99. The number of nitrogens with one attached hydrogen (secondary N) is 1. The Morgan fingerprint density at radius 3 is 2.72 bits per heavy atom. The first-order valence-electron chi connectivity index (χ1n) is 11.2. The first kappa shape index (κ1) is 22.2. The molecule has 0 saturated heterocycles. The standard InChI is InChI=1S/C26H33N3O3/c1-17-5-7-22-21(15-17)18(16-28-22)9-11-26(2,27)12-14-29-13-10-19-20(25(29)30)6-8-23(31-3)24(19)32-4/h5-8,15-16,28H,9-14,27H2,1-4H3. The predicted molar refractivity (Wildman–Crippen MR) is 128 cm³/mol. The molecule has 0 aliphatic carbocycles. The first-order chi connectivity index (χ1) is 15.3. The molecule has 1 aromatic heterocycles. The lowest BCUT2D eigenvalue weighted by Gasteiger charge is -2.33. The van der Waals surface area contributed by atoms with E-state index in [-0.39, 0.29) is 11.4 Å². The second-order valence-electron chi connectivity index (χ2n) is 9.14. The lowest BCUT2D eigenvalue weighted by atomic mass is 9.90. The highest BCUT2D eigenvalue weighted by Crippen LogP contribution is 2.36. The fraction of sp³-hybridized carbons (Fsp3) is 0.423. The van der Waals surface area contributed by atoms with E-state index in [1.165, 1.54) is 16.5 Å². The number of H-pyrrole nitrogens is 1. The molecule has 0 radical (unpaired) electrons. The van der Waals surface area contributed by atoms with Gasteiger partial charge in [0.05, 0.1) is 14.2 Å². The third kappa shape index (κ3) is 4.32. The number of aromatic nitrogens is 1. The summed E-state index contributed by atoms with van der Waals surface area (Å²) in [4.78, 5) is 18.4. The average molecular weight is 436 g/mol. The van der Waals surface area contributed by atoms with Gasteiger partial charge in [0.2, 0.25) is 0 Å². The highest BCUT2D eigenvalue weighted by molar-refractivity contribution is 5.98. The monoisotopic (exact) mass is 435 g/mol. The average Bonchev–Trinajstić information content (AvgIpc) is 3.18. The van der Waals surface area contributed by atoms with Gasteiger partial charge in [-0.05, 0) is 69.4 Å². The maximum absolute atomic E-state index is 13.1. The summed E-state index contributed by atoms with van der Waals surface area (Å²) in [6.07, 6.45) is 5.36. The molecular formula is C26H33N3O3. The van der Waals surface area contributed by atoms with Gasteiger partial charge in [-0.3, -0.25) is 4.79 Å². The summed E-state index contributed by atoms with van der Waals surface area (Å²) in [6.45, 7) is 5.51. The van der Waals surface area contributed by atoms with Crippen molar-refractivity contribution in [1.82, 2.24) is 9.88 Å². The molecule has 0 saturated carbocycles. The van der Waals surface area contributed by atoms with Crippen LogP contribution in [0, 0.1) is 6.92 Å². The molecule has 6 heteroatoms. The van der Waals surface area contributed by atoms with Gasteiger partial charge in [0.15, 0.2) is 11.5 Å². The van der Waals surface area contributed by atoms with Crippen molar-refractivity contribution in [3.8, 4) is 11.5 Å². The number of amides is 1. The molecule has 4 rings (SSSR count).